The molecule has 0 spiro atoms. The van der Waals surface area contributed by atoms with Crippen molar-refractivity contribution in [2.24, 2.45) is 5.73 Å². The number of aromatic nitrogens is 1. The van der Waals surface area contributed by atoms with Gasteiger partial charge in [-0.2, -0.15) is 0 Å². The number of nitrogens with zero attached hydrogens (tertiary/aromatic N) is 1. The van der Waals surface area contributed by atoms with E-state index in [9.17, 15) is 9.59 Å². The van der Waals surface area contributed by atoms with Gasteiger partial charge in [0.05, 0.1) is 18.0 Å². The summed E-state index contributed by atoms with van der Waals surface area (Å²) in [5.74, 6) is -0.00660. The van der Waals surface area contributed by atoms with Gasteiger partial charge in [-0.25, -0.2) is 4.98 Å². The Bertz CT molecular complexity index is 409. The number of thiazole rings is 1. The van der Waals surface area contributed by atoms with Crippen LogP contribution < -0.4 is 11.1 Å². The minimum Gasteiger partial charge on any atom is -0.370 e. The van der Waals surface area contributed by atoms with Crippen LogP contribution in [0.5, 0.6) is 0 Å². The summed E-state index contributed by atoms with van der Waals surface area (Å²) in [5, 5.41) is 5.39. The normalized spacial score (nSPS) is 10.3. The van der Waals surface area contributed by atoms with Gasteiger partial charge < -0.3 is 11.1 Å². The highest BCUT2D eigenvalue weighted by molar-refractivity contribution is 7.09. The van der Waals surface area contributed by atoms with Gasteiger partial charge in [0.1, 0.15) is 5.01 Å². The Morgan fingerprint density at radius 3 is 2.83 bits per heavy atom. The third-order valence-corrected chi connectivity index (χ3v) is 3.39. The van der Waals surface area contributed by atoms with Crippen molar-refractivity contribution in [2.75, 3.05) is 6.54 Å². The van der Waals surface area contributed by atoms with Crippen LogP contribution in [0, 0.1) is 0 Å². The summed E-state index contributed by atoms with van der Waals surface area (Å²) in [4.78, 5) is 26.2. The Morgan fingerprint density at radius 1 is 1.44 bits per heavy atom. The second-order valence-corrected chi connectivity index (χ2v) is 5.03. The molecule has 3 N–H and O–H groups in total. The summed E-state index contributed by atoms with van der Waals surface area (Å²) in [6, 6.07) is 0. The number of primary amides is 1. The molecule has 0 fully saturated rings. The Balaban J connectivity index is 2.15. The van der Waals surface area contributed by atoms with Crippen LogP contribution in [0.3, 0.4) is 0 Å². The first kappa shape index (κ1) is 14.9. The topological polar surface area (TPSA) is 85.1 Å². The fourth-order valence-corrected chi connectivity index (χ4v) is 2.36. The Morgan fingerprint density at radius 2 is 2.22 bits per heavy atom. The molecule has 0 saturated heterocycles. The van der Waals surface area contributed by atoms with Crippen molar-refractivity contribution in [3.8, 4) is 0 Å². The Labute approximate surface area is 115 Å². The molecule has 2 amide bonds. The lowest BCUT2D eigenvalue weighted by Crippen LogP contribution is -2.26. The molecule has 1 aromatic rings. The van der Waals surface area contributed by atoms with Gasteiger partial charge in [0.15, 0.2) is 0 Å². The van der Waals surface area contributed by atoms with Crippen molar-refractivity contribution in [2.45, 2.75) is 31.6 Å². The van der Waals surface area contributed by atoms with Gasteiger partial charge in [-0.15, -0.1) is 22.9 Å². The SMILES string of the molecule is NC(=O)CCCCNC(=O)Cc1nc(CCl)cs1. The van der Waals surface area contributed by atoms with E-state index >= 15 is 0 Å². The van der Waals surface area contributed by atoms with Gasteiger partial charge in [0.2, 0.25) is 11.8 Å². The van der Waals surface area contributed by atoms with Crippen LogP contribution in [-0.2, 0) is 21.9 Å². The summed E-state index contributed by atoms with van der Waals surface area (Å²) in [6.45, 7) is 0.555. The number of hydrogen-bond donors (Lipinski definition) is 2. The second kappa shape index (κ2) is 8.05. The number of unbranched alkanes of at least 4 members (excludes halogenated alkanes) is 1. The van der Waals surface area contributed by atoms with E-state index in [0.29, 0.717) is 25.3 Å². The fourth-order valence-electron chi connectivity index (χ4n) is 1.34. The molecule has 5 nitrogen and oxygen atoms in total. The van der Waals surface area contributed by atoms with Gasteiger partial charge in [0.25, 0.3) is 0 Å². The van der Waals surface area contributed by atoms with Gasteiger partial charge in [-0.1, -0.05) is 0 Å². The maximum Gasteiger partial charge on any atom is 0.226 e. The Kier molecular flexibility index (Phi) is 6.67. The summed E-state index contributed by atoms with van der Waals surface area (Å²) in [7, 11) is 0. The van der Waals surface area contributed by atoms with Crippen LogP contribution in [0.15, 0.2) is 5.38 Å². The number of carbonyl (C=O) groups is 2. The lowest BCUT2D eigenvalue weighted by Gasteiger charge is -2.02. The first-order chi connectivity index (χ1) is 8.61. The molecule has 100 valence electrons. The van der Waals surface area contributed by atoms with Crippen LogP contribution in [0.1, 0.15) is 30.0 Å². The predicted octanol–water partition coefficient (Wildman–Crippen LogP) is 1.20. The maximum absolute atomic E-state index is 11.5. The Hall–Kier alpha value is -1.14. The van der Waals surface area contributed by atoms with Crippen molar-refractivity contribution < 1.29 is 9.59 Å². The molecular formula is C11H16ClN3O2S. The zero-order valence-corrected chi connectivity index (χ0v) is 11.5. The number of alkyl halides is 1. The highest BCUT2D eigenvalue weighted by Crippen LogP contribution is 2.11. The van der Waals surface area contributed by atoms with Gasteiger partial charge in [0, 0.05) is 18.3 Å². The molecule has 7 heteroatoms. The van der Waals surface area contributed by atoms with E-state index in [-0.39, 0.29) is 18.2 Å². The monoisotopic (exact) mass is 289 g/mol. The van der Waals surface area contributed by atoms with Crippen LogP contribution >= 0.6 is 22.9 Å². The molecule has 0 aliphatic carbocycles. The molecular weight excluding hydrogens is 274 g/mol. The molecule has 1 rings (SSSR count). The van der Waals surface area contributed by atoms with Crippen molar-refractivity contribution in [3.63, 3.8) is 0 Å². The zero-order chi connectivity index (χ0) is 13.4. The molecule has 0 unspecified atom stereocenters. The summed E-state index contributed by atoms with van der Waals surface area (Å²) in [5.41, 5.74) is 5.81. The summed E-state index contributed by atoms with van der Waals surface area (Å²) >= 11 is 7.06. The molecule has 18 heavy (non-hydrogen) atoms. The average molecular weight is 290 g/mol. The van der Waals surface area contributed by atoms with Gasteiger partial charge in [-0.3, -0.25) is 9.59 Å². The molecule has 1 heterocycles. The highest BCUT2D eigenvalue weighted by atomic mass is 35.5. The molecule has 0 bridgehead atoms. The number of carbonyl (C=O) groups excluding carboxylic acids is 2. The van der Waals surface area contributed by atoms with Crippen LogP contribution in [0.25, 0.3) is 0 Å². The maximum atomic E-state index is 11.5. The quantitative estimate of drug-likeness (QED) is 0.557. The van der Waals surface area contributed by atoms with Crippen LogP contribution in [0.2, 0.25) is 0 Å². The van der Waals surface area contributed by atoms with E-state index < -0.39 is 0 Å². The molecule has 0 saturated carbocycles. The minimum absolute atomic E-state index is 0.0652. The lowest BCUT2D eigenvalue weighted by molar-refractivity contribution is -0.120. The van der Waals surface area contributed by atoms with Gasteiger partial charge >= 0.3 is 0 Å². The van der Waals surface area contributed by atoms with Crippen molar-refractivity contribution in [1.82, 2.24) is 10.3 Å². The van der Waals surface area contributed by atoms with Crippen molar-refractivity contribution in [3.05, 3.63) is 16.1 Å². The zero-order valence-electron chi connectivity index (χ0n) is 9.95. The van der Waals surface area contributed by atoms with Crippen molar-refractivity contribution in [1.29, 1.82) is 0 Å². The largest absolute Gasteiger partial charge is 0.370 e. The predicted molar refractivity (Wildman–Crippen MR) is 71.4 cm³/mol. The van der Waals surface area contributed by atoms with E-state index in [1.54, 1.807) is 0 Å². The van der Waals surface area contributed by atoms with E-state index in [1.807, 2.05) is 5.38 Å². The third kappa shape index (κ3) is 5.97. The molecule has 0 atom stereocenters. The first-order valence-corrected chi connectivity index (χ1v) is 7.07. The standard InChI is InChI=1S/C11H16ClN3O2S/c12-6-8-7-18-11(15-8)5-10(17)14-4-2-1-3-9(13)16/h7H,1-6H2,(H2,13,16)(H,14,17). The number of halogens is 1. The fraction of sp³-hybridized carbons (Fsp3) is 0.545. The molecule has 0 aromatic carbocycles. The van der Waals surface area contributed by atoms with E-state index in [4.69, 9.17) is 17.3 Å². The van der Waals surface area contributed by atoms with E-state index in [0.717, 1.165) is 17.1 Å². The molecule has 1 aromatic heterocycles. The average Bonchev–Trinajstić information content (AvgIpc) is 2.76. The third-order valence-electron chi connectivity index (χ3n) is 2.22. The molecule has 0 aliphatic heterocycles. The number of nitrogens with two attached hydrogens (primary N) is 1. The molecule has 0 radical (unpaired) electrons. The van der Waals surface area contributed by atoms with Gasteiger partial charge in [-0.05, 0) is 12.8 Å². The van der Waals surface area contributed by atoms with E-state index in [1.165, 1.54) is 11.3 Å². The smallest absolute Gasteiger partial charge is 0.226 e. The minimum atomic E-state index is -0.308. The lowest BCUT2D eigenvalue weighted by atomic mass is 10.2. The van der Waals surface area contributed by atoms with Crippen molar-refractivity contribution >= 4 is 34.8 Å². The van der Waals surface area contributed by atoms with Crippen LogP contribution in [0.4, 0.5) is 0 Å². The summed E-state index contributed by atoms with van der Waals surface area (Å²) in [6.07, 6.45) is 2.08. The number of nitrogens with one attached hydrogen (secondary N) is 1. The number of rotatable bonds is 8. The number of amides is 2. The van der Waals surface area contributed by atoms with Crippen LogP contribution in [-0.4, -0.2) is 23.3 Å². The highest BCUT2D eigenvalue weighted by Gasteiger charge is 2.07. The second-order valence-electron chi connectivity index (χ2n) is 3.82. The van der Waals surface area contributed by atoms with E-state index in [2.05, 4.69) is 10.3 Å². The molecule has 0 aliphatic rings. The first-order valence-electron chi connectivity index (χ1n) is 5.66. The summed E-state index contributed by atoms with van der Waals surface area (Å²) < 4.78 is 0. The number of hydrogen-bond acceptors (Lipinski definition) is 4.